The van der Waals surface area contributed by atoms with Gasteiger partial charge in [0.15, 0.2) is 0 Å². The van der Waals surface area contributed by atoms with Crippen molar-refractivity contribution in [1.82, 2.24) is 9.96 Å². The largest absolute Gasteiger partial charge is 0.418 e. The lowest BCUT2D eigenvalue weighted by Gasteiger charge is -2.22. The van der Waals surface area contributed by atoms with Gasteiger partial charge in [0, 0.05) is 11.4 Å². The molecule has 2 aromatic rings. The van der Waals surface area contributed by atoms with Gasteiger partial charge < -0.3 is 4.90 Å². The van der Waals surface area contributed by atoms with E-state index < -0.39 is 22.5 Å². The molecule has 4 rings (SSSR count). The monoisotopic (exact) mass is 370 g/mol. The molecule has 1 saturated heterocycles. The summed E-state index contributed by atoms with van der Waals surface area (Å²) in [5, 5.41) is 2.57. The highest BCUT2D eigenvalue weighted by Crippen LogP contribution is 2.45. The highest BCUT2D eigenvalue weighted by Gasteiger charge is 2.47. The third-order valence-corrected chi connectivity index (χ3v) is 5.52. The number of hydrogen-bond donors (Lipinski definition) is 1. The third-order valence-electron chi connectivity index (χ3n) is 4.04. The van der Waals surface area contributed by atoms with Crippen molar-refractivity contribution in [1.29, 1.82) is 0 Å². The van der Waals surface area contributed by atoms with Crippen LogP contribution in [0.3, 0.4) is 0 Å². The van der Waals surface area contributed by atoms with Gasteiger partial charge in [-0.1, -0.05) is 12.1 Å². The molecule has 2 amide bonds. The van der Waals surface area contributed by atoms with Crippen molar-refractivity contribution < 1.29 is 26.4 Å². The van der Waals surface area contributed by atoms with E-state index in [1.54, 1.807) is 12.1 Å². The van der Waals surface area contributed by atoms with Crippen LogP contribution >= 0.6 is 11.3 Å². The number of hydrogen-bond acceptors (Lipinski definition) is 5. The molecule has 2 aliphatic rings. The fourth-order valence-electron chi connectivity index (χ4n) is 3.04. The SMILES string of the molecule is O=C1N2Cc3c(-c4ccc(F)cc4)csc3[C@H](C2)N1OS(=O)(=O)O. The average molecular weight is 370 g/mol. The van der Waals surface area contributed by atoms with Crippen LogP contribution in [0.5, 0.6) is 0 Å². The molecule has 1 aromatic carbocycles. The van der Waals surface area contributed by atoms with Crippen LogP contribution in [-0.4, -0.2) is 35.5 Å². The van der Waals surface area contributed by atoms with Crippen LogP contribution in [0.1, 0.15) is 16.5 Å². The minimum absolute atomic E-state index is 0.282. The summed E-state index contributed by atoms with van der Waals surface area (Å²) >= 11 is 1.37. The molecule has 2 aliphatic heterocycles. The summed E-state index contributed by atoms with van der Waals surface area (Å²) in [7, 11) is -4.79. The molecule has 2 bridgehead atoms. The maximum absolute atomic E-state index is 13.1. The topological polar surface area (TPSA) is 87.2 Å². The van der Waals surface area contributed by atoms with Crippen molar-refractivity contribution in [2.45, 2.75) is 12.6 Å². The molecule has 7 nitrogen and oxygen atoms in total. The number of hydroxylamine groups is 2. The summed E-state index contributed by atoms with van der Waals surface area (Å²) in [4.78, 5) is 14.5. The van der Waals surface area contributed by atoms with Gasteiger partial charge in [-0.2, -0.15) is 13.5 Å². The van der Waals surface area contributed by atoms with Gasteiger partial charge in [0.25, 0.3) is 0 Å². The number of carbonyl (C=O) groups is 1. The number of rotatable bonds is 3. The van der Waals surface area contributed by atoms with Crippen LogP contribution in [0.15, 0.2) is 29.6 Å². The second-order valence-corrected chi connectivity index (χ2v) is 7.42. The first-order chi connectivity index (χ1) is 11.3. The van der Waals surface area contributed by atoms with E-state index in [-0.39, 0.29) is 12.4 Å². The van der Waals surface area contributed by atoms with Gasteiger partial charge in [0.05, 0.1) is 6.54 Å². The Morgan fingerprint density at radius 3 is 2.67 bits per heavy atom. The summed E-state index contributed by atoms with van der Waals surface area (Å²) < 4.78 is 48.4. The fourth-order valence-corrected chi connectivity index (χ4v) is 4.58. The first-order valence-corrected chi connectivity index (χ1v) is 9.19. The minimum atomic E-state index is -4.79. The molecule has 1 N–H and O–H groups in total. The number of benzene rings is 1. The van der Waals surface area contributed by atoms with Crippen LogP contribution in [0.25, 0.3) is 11.1 Å². The maximum atomic E-state index is 13.1. The van der Waals surface area contributed by atoms with Gasteiger partial charge in [0.2, 0.25) is 0 Å². The summed E-state index contributed by atoms with van der Waals surface area (Å²) in [5.41, 5.74) is 2.55. The Balaban J connectivity index is 1.75. The molecule has 126 valence electrons. The van der Waals surface area contributed by atoms with Crippen molar-refractivity contribution in [3.8, 4) is 11.1 Å². The van der Waals surface area contributed by atoms with E-state index in [0.29, 0.717) is 11.6 Å². The molecule has 10 heteroatoms. The van der Waals surface area contributed by atoms with E-state index in [2.05, 4.69) is 4.28 Å². The van der Waals surface area contributed by atoms with Crippen molar-refractivity contribution in [2.75, 3.05) is 6.54 Å². The second-order valence-electron chi connectivity index (χ2n) is 5.51. The van der Waals surface area contributed by atoms with E-state index in [9.17, 15) is 17.6 Å². The lowest BCUT2D eigenvalue weighted by molar-refractivity contribution is -0.0307. The molecule has 3 heterocycles. The van der Waals surface area contributed by atoms with Gasteiger partial charge in [-0.05, 0) is 34.2 Å². The molecule has 24 heavy (non-hydrogen) atoms. The molecule has 0 aliphatic carbocycles. The lowest BCUT2D eigenvalue weighted by Crippen LogP contribution is -2.32. The van der Waals surface area contributed by atoms with Gasteiger partial charge in [0.1, 0.15) is 11.9 Å². The van der Waals surface area contributed by atoms with Crippen molar-refractivity contribution in [3.05, 3.63) is 45.9 Å². The first-order valence-electron chi connectivity index (χ1n) is 6.95. The highest BCUT2D eigenvalue weighted by atomic mass is 32.3. The second kappa shape index (κ2) is 5.24. The smallest absolute Gasteiger partial charge is 0.316 e. The average Bonchev–Trinajstić information content (AvgIpc) is 3.04. The Kier molecular flexibility index (Phi) is 3.39. The van der Waals surface area contributed by atoms with Crippen molar-refractivity contribution >= 4 is 27.8 Å². The molecule has 1 aromatic heterocycles. The normalized spacial score (nSPS) is 19.8. The van der Waals surface area contributed by atoms with Crippen LogP contribution < -0.4 is 0 Å². The minimum Gasteiger partial charge on any atom is -0.316 e. The molecule has 0 saturated carbocycles. The van der Waals surface area contributed by atoms with E-state index >= 15 is 0 Å². The van der Waals surface area contributed by atoms with Crippen molar-refractivity contribution in [2.24, 2.45) is 0 Å². The summed E-state index contributed by atoms with van der Waals surface area (Å²) in [6.45, 7) is 0.580. The standard InChI is InChI=1S/C14H11FN2O5S2/c15-9-3-1-8(2-4-9)11-7-23-13-10(11)5-16-6-12(13)17(14(16)18)22-24(19,20)21/h1-4,7,12H,5-6H2,(H,19,20,21)/t12-/m0/s1. The molecule has 0 spiro atoms. The Labute approximate surface area is 140 Å². The molecular weight excluding hydrogens is 359 g/mol. The summed E-state index contributed by atoms with van der Waals surface area (Å²) in [6, 6.07) is 4.79. The zero-order chi connectivity index (χ0) is 17.1. The first kappa shape index (κ1) is 15.5. The molecule has 1 atom stereocenters. The van der Waals surface area contributed by atoms with Crippen LogP contribution in [0, 0.1) is 5.82 Å². The van der Waals surface area contributed by atoms with Crippen LogP contribution in [-0.2, 0) is 21.2 Å². The predicted molar refractivity (Wildman–Crippen MR) is 82.7 cm³/mol. The highest BCUT2D eigenvalue weighted by molar-refractivity contribution is 7.80. The van der Waals surface area contributed by atoms with Gasteiger partial charge >= 0.3 is 16.4 Å². The quantitative estimate of drug-likeness (QED) is 0.839. The zero-order valence-corrected chi connectivity index (χ0v) is 13.7. The third kappa shape index (κ3) is 2.47. The van der Waals surface area contributed by atoms with Gasteiger partial charge in [-0.3, -0.25) is 4.55 Å². The lowest BCUT2D eigenvalue weighted by atomic mass is 9.98. The van der Waals surface area contributed by atoms with E-state index in [1.165, 1.54) is 28.4 Å². The van der Waals surface area contributed by atoms with E-state index in [1.807, 2.05) is 5.38 Å². The Bertz CT molecular complexity index is 925. The maximum Gasteiger partial charge on any atom is 0.418 e. The Hall–Kier alpha value is -2.01. The number of nitrogens with zero attached hydrogens (tertiary/aromatic N) is 2. The Morgan fingerprint density at radius 1 is 1.29 bits per heavy atom. The van der Waals surface area contributed by atoms with Crippen LogP contribution in [0.2, 0.25) is 0 Å². The molecular formula is C14H11FN2O5S2. The number of urea groups is 1. The van der Waals surface area contributed by atoms with Gasteiger partial charge in [-0.15, -0.1) is 15.6 Å². The van der Waals surface area contributed by atoms with Crippen molar-refractivity contribution in [3.63, 3.8) is 0 Å². The van der Waals surface area contributed by atoms with E-state index in [4.69, 9.17) is 4.55 Å². The summed E-state index contributed by atoms with van der Waals surface area (Å²) in [6.07, 6.45) is 0. The van der Waals surface area contributed by atoms with Gasteiger partial charge in [-0.25, -0.2) is 9.18 Å². The Morgan fingerprint density at radius 2 is 2.00 bits per heavy atom. The molecule has 0 radical (unpaired) electrons. The summed E-state index contributed by atoms with van der Waals surface area (Å²) in [5.74, 6) is -0.338. The molecule has 0 unspecified atom stereocenters. The number of halogens is 1. The zero-order valence-electron chi connectivity index (χ0n) is 12.0. The fraction of sp³-hybridized carbons (Fsp3) is 0.214. The van der Waals surface area contributed by atoms with E-state index in [0.717, 1.165) is 21.6 Å². The molecule has 1 fully saturated rings. The van der Waals surface area contributed by atoms with Crippen LogP contribution in [0.4, 0.5) is 9.18 Å². The number of thiophene rings is 1. The number of amides is 2. The number of fused-ring (bicyclic) bond motifs is 4. The predicted octanol–water partition coefficient (Wildman–Crippen LogP) is 2.58. The number of carbonyl (C=O) groups excluding carboxylic acids is 1.